The van der Waals surface area contributed by atoms with E-state index in [0.717, 1.165) is 28.7 Å². The average Bonchev–Trinajstić information content (AvgIpc) is 3.02. The van der Waals surface area contributed by atoms with Crippen LogP contribution >= 0.6 is 0 Å². The van der Waals surface area contributed by atoms with E-state index in [9.17, 15) is 4.79 Å². The Balaban J connectivity index is 1.62. The number of pyridine rings is 1. The van der Waals surface area contributed by atoms with Crippen molar-refractivity contribution in [1.82, 2.24) is 20.1 Å². The molecule has 0 radical (unpaired) electrons. The van der Waals surface area contributed by atoms with E-state index in [0.29, 0.717) is 5.56 Å². The largest absolute Gasteiger partial charge is 0.345 e. The molecule has 5 heteroatoms. The van der Waals surface area contributed by atoms with Gasteiger partial charge in [-0.05, 0) is 30.5 Å². The average molecular weight is 370 g/mol. The predicted molar refractivity (Wildman–Crippen MR) is 110 cm³/mol. The summed E-state index contributed by atoms with van der Waals surface area (Å²) in [4.78, 5) is 17.4. The summed E-state index contributed by atoms with van der Waals surface area (Å²) in [5, 5.41) is 8.46. The van der Waals surface area contributed by atoms with Gasteiger partial charge in [-0.2, -0.15) is 5.10 Å². The Kier molecular flexibility index (Phi) is 4.89. The third-order valence-electron chi connectivity index (χ3n) is 4.92. The van der Waals surface area contributed by atoms with Crippen molar-refractivity contribution in [2.24, 2.45) is 7.05 Å². The van der Waals surface area contributed by atoms with E-state index in [1.807, 2.05) is 68.6 Å². The third kappa shape index (κ3) is 3.64. The SMILES string of the molecule is Cc1nn(C)c2ncc(C(=O)N[C@@H](Cc3ccccc3)c3ccccc3)cc12. The summed E-state index contributed by atoms with van der Waals surface area (Å²) in [6.45, 7) is 1.92. The number of carbonyl (C=O) groups is 1. The molecule has 0 saturated heterocycles. The second-order valence-electron chi connectivity index (χ2n) is 6.93. The van der Waals surface area contributed by atoms with Crippen LogP contribution in [0.2, 0.25) is 0 Å². The molecule has 0 bridgehead atoms. The first-order chi connectivity index (χ1) is 13.6. The summed E-state index contributed by atoms with van der Waals surface area (Å²) in [6, 6.07) is 22.0. The van der Waals surface area contributed by atoms with Crippen molar-refractivity contribution in [3.8, 4) is 0 Å². The summed E-state index contributed by atoms with van der Waals surface area (Å²) >= 11 is 0. The van der Waals surface area contributed by atoms with Gasteiger partial charge in [0.1, 0.15) is 0 Å². The number of aromatic nitrogens is 3. The molecule has 2 aromatic heterocycles. The van der Waals surface area contributed by atoms with Crippen LogP contribution in [-0.4, -0.2) is 20.7 Å². The first-order valence-corrected chi connectivity index (χ1v) is 9.31. The van der Waals surface area contributed by atoms with Gasteiger partial charge >= 0.3 is 0 Å². The minimum atomic E-state index is -0.137. The van der Waals surface area contributed by atoms with Gasteiger partial charge < -0.3 is 5.32 Å². The summed E-state index contributed by atoms with van der Waals surface area (Å²) < 4.78 is 1.73. The Labute approximate surface area is 164 Å². The van der Waals surface area contributed by atoms with Gasteiger partial charge in [0.25, 0.3) is 5.91 Å². The molecule has 0 fully saturated rings. The van der Waals surface area contributed by atoms with Crippen LogP contribution in [0.25, 0.3) is 11.0 Å². The van der Waals surface area contributed by atoms with E-state index in [4.69, 9.17) is 0 Å². The Morgan fingerprint density at radius 3 is 2.46 bits per heavy atom. The summed E-state index contributed by atoms with van der Waals surface area (Å²) in [5.41, 5.74) is 4.43. The fourth-order valence-corrected chi connectivity index (χ4v) is 3.46. The van der Waals surface area contributed by atoms with Gasteiger partial charge in [-0.25, -0.2) is 4.98 Å². The molecule has 4 aromatic rings. The predicted octanol–water partition coefficient (Wildman–Crippen LogP) is 3.99. The minimum absolute atomic E-state index is 0.123. The topological polar surface area (TPSA) is 59.8 Å². The number of aryl methyl sites for hydroxylation is 2. The maximum atomic E-state index is 13.0. The van der Waals surface area contributed by atoms with Crippen molar-refractivity contribution < 1.29 is 4.79 Å². The summed E-state index contributed by atoms with van der Waals surface area (Å²) in [6.07, 6.45) is 2.33. The lowest BCUT2D eigenvalue weighted by molar-refractivity contribution is 0.0936. The smallest absolute Gasteiger partial charge is 0.253 e. The fourth-order valence-electron chi connectivity index (χ4n) is 3.46. The first-order valence-electron chi connectivity index (χ1n) is 9.31. The molecule has 1 amide bonds. The van der Waals surface area contributed by atoms with Crippen LogP contribution in [0, 0.1) is 6.92 Å². The van der Waals surface area contributed by atoms with Crippen molar-refractivity contribution in [2.45, 2.75) is 19.4 Å². The van der Waals surface area contributed by atoms with E-state index < -0.39 is 0 Å². The summed E-state index contributed by atoms with van der Waals surface area (Å²) in [7, 11) is 1.85. The number of hydrogen-bond donors (Lipinski definition) is 1. The molecule has 0 saturated carbocycles. The van der Waals surface area contributed by atoms with E-state index in [-0.39, 0.29) is 11.9 Å². The standard InChI is InChI=1S/C23H22N4O/c1-16-20-14-19(15-24-22(20)27(2)26-16)23(28)25-21(18-11-7-4-8-12-18)13-17-9-5-3-6-10-17/h3-12,14-15,21H,13H2,1-2H3,(H,25,28)/t21-/m0/s1. The van der Waals surface area contributed by atoms with E-state index in [1.54, 1.807) is 10.9 Å². The molecule has 2 heterocycles. The maximum Gasteiger partial charge on any atom is 0.253 e. The van der Waals surface area contributed by atoms with Crippen LogP contribution < -0.4 is 5.32 Å². The zero-order chi connectivity index (χ0) is 19.5. The lowest BCUT2D eigenvalue weighted by Gasteiger charge is -2.19. The zero-order valence-corrected chi connectivity index (χ0v) is 16.0. The molecule has 0 unspecified atom stereocenters. The molecule has 2 aromatic carbocycles. The molecule has 0 spiro atoms. The van der Waals surface area contributed by atoms with Crippen LogP contribution in [0.1, 0.15) is 33.2 Å². The van der Waals surface area contributed by atoms with E-state index >= 15 is 0 Å². The highest BCUT2D eigenvalue weighted by Crippen LogP contribution is 2.21. The quantitative estimate of drug-likeness (QED) is 0.578. The van der Waals surface area contributed by atoms with Gasteiger partial charge in [0.2, 0.25) is 0 Å². The fraction of sp³-hybridized carbons (Fsp3) is 0.174. The molecular weight excluding hydrogens is 348 g/mol. The van der Waals surface area contributed by atoms with E-state index in [2.05, 4.69) is 27.5 Å². The van der Waals surface area contributed by atoms with Crippen LogP contribution in [0.3, 0.4) is 0 Å². The van der Waals surface area contributed by atoms with Gasteiger partial charge in [0.05, 0.1) is 17.3 Å². The van der Waals surface area contributed by atoms with Gasteiger partial charge in [-0.15, -0.1) is 0 Å². The molecule has 1 atom stereocenters. The number of fused-ring (bicyclic) bond motifs is 1. The van der Waals surface area contributed by atoms with Crippen molar-refractivity contribution in [3.63, 3.8) is 0 Å². The van der Waals surface area contributed by atoms with Gasteiger partial charge in [0.15, 0.2) is 5.65 Å². The highest BCUT2D eigenvalue weighted by Gasteiger charge is 2.18. The molecule has 0 aliphatic carbocycles. The molecular formula is C23H22N4O. The van der Waals surface area contributed by atoms with Crippen LogP contribution in [-0.2, 0) is 13.5 Å². The molecule has 140 valence electrons. The number of nitrogens with zero attached hydrogens (tertiary/aromatic N) is 3. The number of rotatable bonds is 5. The molecule has 0 aliphatic rings. The second-order valence-corrected chi connectivity index (χ2v) is 6.93. The lowest BCUT2D eigenvalue weighted by Crippen LogP contribution is -2.30. The molecule has 4 rings (SSSR count). The Hall–Kier alpha value is -3.47. The first kappa shape index (κ1) is 17.9. The third-order valence-corrected chi connectivity index (χ3v) is 4.92. The van der Waals surface area contributed by atoms with Crippen molar-refractivity contribution in [3.05, 3.63) is 95.3 Å². The van der Waals surface area contributed by atoms with Gasteiger partial charge in [0, 0.05) is 18.6 Å². The van der Waals surface area contributed by atoms with Gasteiger partial charge in [-0.3, -0.25) is 9.48 Å². The highest BCUT2D eigenvalue weighted by atomic mass is 16.1. The number of amides is 1. The number of nitrogens with one attached hydrogen (secondary N) is 1. The Morgan fingerprint density at radius 2 is 1.75 bits per heavy atom. The number of hydrogen-bond acceptors (Lipinski definition) is 3. The summed E-state index contributed by atoms with van der Waals surface area (Å²) in [5.74, 6) is -0.137. The highest BCUT2D eigenvalue weighted by molar-refractivity contribution is 5.97. The zero-order valence-electron chi connectivity index (χ0n) is 16.0. The molecule has 5 nitrogen and oxygen atoms in total. The molecule has 0 aliphatic heterocycles. The maximum absolute atomic E-state index is 13.0. The second kappa shape index (κ2) is 7.64. The van der Waals surface area contributed by atoms with Crippen LogP contribution in [0.4, 0.5) is 0 Å². The number of carbonyl (C=O) groups excluding carboxylic acids is 1. The minimum Gasteiger partial charge on any atom is -0.345 e. The van der Waals surface area contributed by atoms with Crippen molar-refractivity contribution in [2.75, 3.05) is 0 Å². The lowest BCUT2D eigenvalue weighted by atomic mass is 9.98. The monoisotopic (exact) mass is 370 g/mol. The van der Waals surface area contributed by atoms with Gasteiger partial charge in [-0.1, -0.05) is 60.7 Å². The normalized spacial score (nSPS) is 12.1. The molecule has 28 heavy (non-hydrogen) atoms. The van der Waals surface area contributed by atoms with Crippen molar-refractivity contribution >= 4 is 16.9 Å². The molecule has 1 N–H and O–H groups in total. The van der Waals surface area contributed by atoms with Crippen LogP contribution in [0.5, 0.6) is 0 Å². The van der Waals surface area contributed by atoms with Crippen LogP contribution in [0.15, 0.2) is 72.9 Å². The van der Waals surface area contributed by atoms with Crippen molar-refractivity contribution in [1.29, 1.82) is 0 Å². The Bertz CT molecular complexity index is 1100. The Morgan fingerprint density at radius 1 is 1.07 bits per heavy atom. The van der Waals surface area contributed by atoms with E-state index in [1.165, 1.54) is 5.56 Å². The number of benzene rings is 2.